The van der Waals surface area contributed by atoms with Crippen molar-refractivity contribution < 1.29 is 4.39 Å². The fourth-order valence-corrected chi connectivity index (χ4v) is 3.11. The number of rotatable bonds is 4. The maximum atomic E-state index is 13.2. The van der Waals surface area contributed by atoms with Crippen molar-refractivity contribution in [2.45, 2.75) is 19.9 Å². The molecule has 0 bridgehead atoms. The van der Waals surface area contributed by atoms with Crippen LogP contribution in [0.2, 0.25) is 0 Å². The number of benzene rings is 2. The van der Waals surface area contributed by atoms with E-state index in [1.54, 1.807) is 6.07 Å². The van der Waals surface area contributed by atoms with Gasteiger partial charge in [0.15, 0.2) is 5.13 Å². The summed E-state index contributed by atoms with van der Waals surface area (Å²) in [6, 6.07) is 13.1. The highest BCUT2D eigenvalue weighted by atomic mass is 32.1. The summed E-state index contributed by atoms with van der Waals surface area (Å²) in [7, 11) is 0. The summed E-state index contributed by atoms with van der Waals surface area (Å²) >= 11 is 1.48. The van der Waals surface area contributed by atoms with E-state index in [0.29, 0.717) is 0 Å². The molecule has 0 atom stereocenters. The van der Waals surface area contributed by atoms with Gasteiger partial charge >= 0.3 is 0 Å². The molecule has 0 fully saturated rings. The van der Waals surface area contributed by atoms with Crippen LogP contribution in [0.15, 0.2) is 42.5 Å². The smallest absolute Gasteiger partial charge is 0.184 e. The lowest BCUT2D eigenvalue weighted by atomic mass is 10.1. The first-order valence-electron chi connectivity index (χ1n) is 6.63. The molecule has 0 amide bonds. The van der Waals surface area contributed by atoms with E-state index < -0.39 is 0 Å². The predicted molar refractivity (Wildman–Crippen MR) is 82.7 cm³/mol. The highest BCUT2D eigenvalue weighted by Gasteiger charge is 2.05. The Bertz CT molecular complexity index is 736. The molecule has 1 aromatic heterocycles. The topological polar surface area (TPSA) is 24.9 Å². The molecule has 1 heterocycles. The van der Waals surface area contributed by atoms with Crippen molar-refractivity contribution in [3.8, 4) is 0 Å². The van der Waals surface area contributed by atoms with E-state index in [9.17, 15) is 4.39 Å². The molecule has 0 spiro atoms. The van der Waals surface area contributed by atoms with Crippen molar-refractivity contribution in [2.24, 2.45) is 0 Å². The van der Waals surface area contributed by atoms with Crippen LogP contribution in [0.3, 0.4) is 0 Å². The van der Waals surface area contributed by atoms with E-state index >= 15 is 0 Å². The number of aryl methyl sites for hydroxylation is 1. The monoisotopic (exact) mass is 286 g/mol. The molecular weight excluding hydrogens is 271 g/mol. The summed E-state index contributed by atoms with van der Waals surface area (Å²) in [6.45, 7) is 2.89. The van der Waals surface area contributed by atoms with Crippen LogP contribution in [0.4, 0.5) is 9.52 Å². The van der Waals surface area contributed by atoms with Gasteiger partial charge in [-0.3, -0.25) is 0 Å². The minimum absolute atomic E-state index is 0.218. The predicted octanol–water partition coefficient (Wildman–Crippen LogP) is 4.61. The van der Waals surface area contributed by atoms with E-state index in [1.807, 2.05) is 6.07 Å². The molecule has 0 radical (unpaired) electrons. The van der Waals surface area contributed by atoms with Gasteiger partial charge in [0.2, 0.25) is 0 Å². The van der Waals surface area contributed by atoms with E-state index in [4.69, 9.17) is 0 Å². The molecule has 0 aliphatic carbocycles. The third-order valence-corrected chi connectivity index (χ3v) is 4.26. The first-order chi connectivity index (χ1) is 9.76. The van der Waals surface area contributed by atoms with Crippen LogP contribution in [0.1, 0.15) is 18.1 Å². The largest absolute Gasteiger partial charge is 0.357 e. The lowest BCUT2D eigenvalue weighted by Gasteiger charge is -2.07. The molecule has 0 saturated heterocycles. The average Bonchev–Trinajstić information content (AvgIpc) is 2.87. The molecule has 3 aromatic rings. The molecule has 1 N–H and O–H groups in total. The molecule has 0 unspecified atom stereocenters. The van der Waals surface area contributed by atoms with Gasteiger partial charge in [-0.05, 0) is 35.7 Å². The van der Waals surface area contributed by atoms with Crippen LogP contribution < -0.4 is 5.32 Å². The SMILES string of the molecule is CCc1ccccc1CNc1nc2ccc(F)cc2s1. The second kappa shape index (κ2) is 5.59. The molecule has 2 aromatic carbocycles. The second-order valence-electron chi connectivity index (χ2n) is 4.61. The number of hydrogen-bond donors (Lipinski definition) is 1. The van der Waals surface area contributed by atoms with Crippen molar-refractivity contribution in [1.29, 1.82) is 0 Å². The lowest BCUT2D eigenvalue weighted by Crippen LogP contribution is -2.01. The third-order valence-electron chi connectivity index (χ3n) is 3.28. The van der Waals surface area contributed by atoms with E-state index in [0.717, 1.165) is 28.3 Å². The van der Waals surface area contributed by atoms with Crippen molar-refractivity contribution in [1.82, 2.24) is 4.98 Å². The summed E-state index contributed by atoms with van der Waals surface area (Å²) in [5.74, 6) is -0.218. The fraction of sp³-hybridized carbons (Fsp3) is 0.188. The minimum Gasteiger partial charge on any atom is -0.357 e. The summed E-state index contributed by atoms with van der Waals surface area (Å²) in [6.07, 6.45) is 1.02. The molecule has 0 aliphatic heterocycles. The van der Waals surface area contributed by atoms with Crippen LogP contribution >= 0.6 is 11.3 Å². The van der Waals surface area contributed by atoms with E-state index in [-0.39, 0.29) is 5.82 Å². The Morgan fingerprint density at radius 3 is 2.75 bits per heavy atom. The van der Waals surface area contributed by atoms with E-state index in [1.165, 1.54) is 34.6 Å². The van der Waals surface area contributed by atoms with Crippen LogP contribution in [-0.4, -0.2) is 4.98 Å². The highest BCUT2D eigenvalue weighted by Crippen LogP contribution is 2.27. The van der Waals surface area contributed by atoms with Gasteiger partial charge in [-0.15, -0.1) is 0 Å². The molecule has 3 rings (SSSR count). The molecule has 20 heavy (non-hydrogen) atoms. The Balaban J connectivity index is 1.79. The fourth-order valence-electron chi connectivity index (χ4n) is 2.22. The molecule has 0 saturated carbocycles. The number of fused-ring (bicyclic) bond motifs is 1. The van der Waals surface area contributed by atoms with Gasteiger partial charge < -0.3 is 5.32 Å². The average molecular weight is 286 g/mol. The zero-order chi connectivity index (χ0) is 13.9. The van der Waals surface area contributed by atoms with Crippen molar-refractivity contribution in [3.05, 3.63) is 59.4 Å². The quantitative estimate of drug-likeness (QED) is 0.757. The first kappa shape index (κ1) is 13.1. The van der Waals surface area contributed by atoms with E-state index in [2.05, 4.69) is 35.4 Å². The lowest BCUT2D eigenvalue weighted by molar-refractivity contribution is 0.630. The standard InChI is InChI=1S/C16H15FN2S/c1-2-11-5-3-4-6-12(11)10-18-16-19-14-8-7-13(17)9-15(14)20-16/h3-9H,2,10H2,1H3,(H,18,19). The minimum atomic E-state index is -0.218. The molecule has 102 valence electrons. The van der Waals surface area contributed by atoms with Gasteiger partial charge in [0.05, 0.1) is 10.2 Å². The maximum absolute atomic E-state index is 13.2. The zero-order valence-corrected chi connectivity index (χ0v) is 12.0. The van der Waals surface area contributed by atoms with Gasteiger partial charge in [0.1, 0.15) is 5.82 Å². The Hall–Kier alpha value is -1.94. The number of aromatic nitrogens is 1. The van der Waals surface area contributed by atoms with Gasteiger partial charge in [0.25, 0.3) is 0 Å². The summed E-state index contributed by atoms with van der Waals surface area (Å²) in [4.78, 5) is 4.47. The maximum Gasteiger partial charge on any atom is 0.184 e. The van der Waals surface area contributed by atoms with Crippen LogP contribution in [0, 0.1) is 5.82 Å². The zero-order valence-electron chi connectivity index (χ0n) is 11.2. The normalized spacial score (nSPS) is 10.9. The molecule has 4 heteroatoms. The van der Waals surface area contributed by atoms with Gasteiger partial charge in [0, 0.05) is 6.54 Å². The van der Waals surface area contributed by atoms with Gasteiger partial charge in [-0.25, -0.2) is 9.37 Å². The Morgan fingerprint density at radius 1 is 1.15 bits per heavy atom. The number of anilines is 1. The van der Waals surface area contributed by atoms with Crippen LogP contribution in [0.25, 0.3) is 10.2 Å². The highest BCUT2D eigenvalue weighted by molar-refractivity contribution is 7.22. The first-order valence-corrected chi connectivity index (χ1v) is 7.44. The van der Waals surface area contributed by atoms with Crippen LogP contribution in [0.5, 0.6) is 0 Å². The molecule has 0 aliphatic rings. The second-order valence-corrected chi connectivity index (χ2v) is 5.64. The number of hydrogen-bond acceptors (Lipinski definition) is 3. The van der Waals surface area contributed by atoms with Crippen molar-refractivity contribution in [2.75, 3.05) is 5.32 Å². The molecular formula is C16H15FN2S. The van der Waals surface area contributed by atoms with Crippen LogP contribution in [-0.2, 0) is 13.0 Å². The summed E-state index contributed by atoms with van der Waals surface area (Å²) in [5, 5.41) is 4.16. The van der Waals surface area contributed by atoms with Crippen molar-refractivity contribution in [3.63, 3.8) is 0 Å². The van der Waals surface area contributed by atoms with Crippen molar-refractivity contribution >= 4 is 26.7 Å². The Morgan fingerprint density at radius 2 is 1.95 bits per heavy atom. The number of nitrogens with zero attached hydrogens (tertiary/aromatic N) is 1. The summed E-state index contributed by atoms with van der Waals surface area (Å²) in [5.41, 5.74) is 3.45. The Labute approximate surface area is 121 Å². The number of nitrogens with one attached hydrogen (secondary N) is 1. The van der Waals surface area contributed by atoms with Gasteiger partial charge in [-0.1, -0.05) is 42.5 Å². The summed E-state index contributed by atoms with van der Waals surface area (Å²) < 4.78 is 14.0. The number of halogens is 1. The third kappa shape index (κ3) is 2.65. The number of thiazole rings is 1. The van der Waals surface area contributed by atoms with Gasteiger partial charge in [-0.2, -0.15) is 0 Å². The Kier molecular flexibility index (Phi) is 3.65. The molecule has 2 nitrogen and oxygen atoms in total.